The summed E-state index contributed by atoms with van der Waals surface area (Å²) in [5.41, 5.74) is 1.13. The van der Waals surface area contributed by atoms with Crippen LogP contribution in [0.15, 0.2) is 34.9 Å². The number of amides is 1. The minimum atomic E-state index is -3.39. The summed E-state index contributed by atoms with van der Waals surface area (Å²) in [5, 5.41) is 3.96. The molecule has 0 spiro atoms. The number of nitrogens with zero attached hydrogens (tertiary/aromatic N) is 4. The molecule has 4 rings (SSSR count). The van der Waals surface area contributed by atoms with E-state index in [2.05, 4.69) is 10.1 Å². The van der Waals surface area contributed by atoms with Crippen molar-refractivity contribution >= 4 is 15.9 Å². The molecule has 0 N–H and O–H groups in total. The second-order valence-corrected chi connectivity index (χ2v) is 9.82. The third kappa shape index (κ3) is 5.02. The lowest BCUT2D eigenvalue weighted by Crippen LogP contribution is -2.62. The van der Waals surface area contributed by atoms with Gasteiger partial charge in [0.05, 0.1) is 12.3 Å². The van der Waals surface area contributed by atoms with Crippen molar-refractivity contribution in [1.82, 2.24) is 19.3 Å². The molecule has 1 saturated heterocycles. The summed E-state index contributed by atoms with van der Waals surface area (Å²) in [5.74, 6) is 1.63. The zero-order chi connectivity index (χ0) is 20.4. The molecule has 0 atom stereocenters. The molecule has 0 radical (unpaired) electrons. The Kier molecular flexibility index (Phi) is 5.69. The topological polar surface area (TPSA) is 96.6 Å². The Bertz CT molecular complexity index is 950. The Morgan fingerprint density at radius 1 is 1.21 bits per heavy atom. The molecule has 9 heteroatoms. The fourth-order valence-electron chi connectivity index (χ4n) is 3.59. The highest BCUT2D eigenvalue weighted by molar-refractivity contribution is 7.88. The Morgan fingerprint density at radius 2 is 1.93 bits per heavy atom. The molecular formula is C20H26N4O4S. The van der Waals surface area contributed by atoms with E-state index in [-0.39, 0.29) is 11.9 Å². The third-order valence-corrected chi connectivity index (χ3v) is 6.82. The van der Waals surface area contributed by atoms with Crippen molar-refractivity contribution in [3.63, 3.8) is 0 Å². The quantitative estimate of drug-likeness (QED) is 0.614. The summed E-state index contributed by atoms with van der Waals surface area (Å²) < 4.78 is 31.2. The van der Waals surface area contributed by atoms with Gasteiger partial charge in [0, 0.05) is 38.4 Å². The summed E-state index contributed by atoms with van der Waals surface area (Å²) in [6.45, 7) is 1.15. The van der Waals surface area contributed by atoms with E-state index in [0.29, 0.717) is 56.5 Å². The molecule has 1 saturated carbocycles. The number of aromatic nitrogens is 2. The first-order valence-corrected chi connectivity index (χ1v) is 11.9. The summed E-state index contributed by atoms with van der Waals surface area (Å²) in [6, 6.07) is 9.68. The summed E-state index contributed by atoms with van der Waals surface area (Å²) in [4.78, 5) is 18.5. The first kappa shape index (κ1) is 20.0. The van der Waals surface area contributed by atoms with Gasteiger partial charge in [0.1, 0.15) is 0 Å². The molecule has 2 heterocycles. The van der Waals surface area contributed by atoms with Crippen LogP contribution < -0.4 is 0 Å². The van der Waals surface area contributed by atoms with Crippen molar-refractivity contribution in [1.29, 1.82) is 0 Å². The Hall–Kier alpha value is -2.26. The van der Waals surface area contributed by atoms with Crippen molar-refractivity contribution < 1.29 is 17.7 Å². The van der Waals surface area contributed by atoms with Crippen LogP contribution in [0.3, 0.4) is 0 Å². The molecule has 2 aliphatic rings. The first-order valence-electron chi connectivity index (χ1n) is 10.0. The van der Waals surface area contributed by atoms with E-state index in [9.17, 15) is 13.2 Å². The number of carbonyl (C=O) groups excluding carboxylic acids is 1. The molecule has 0 bridgehead atoms. The molecule has 1 aromatic heterocycles. The molecule has 8 nitrogen and oxygen atoms in total. The number of hydrogen-bond donors (Lipinski definition) is 0. The molecule has 1 aliphatic heterocycles. The van der Waals surface area contributed by atoms with Crippen LogP contribution in [-0.4, -0.2) is 65.6 Å². The van der Waals surface area contributed by atoms with E-state index in [0.717, 1.165) is 18.4 Å². The predicted molar refractivity (Wildman–Crippen MR) is 107 cm³/mol. The molecule has 2 fully saturated rings. The van der Waals surface area contributed by atoms with Gasteiger partial charge in [0.15, 0.2) is 5.82 Å². The second-order valence-electron chi connectivity index (χ2n) is 7.88. The molecular weight excluding hydrogens is 392 g/mol. The maximum absolute atomic E-state index is 12.4. The average molecular weight is 419 g/mol. The van der Waals surface area contributed by atoms with Gasteiger partial charge in [-0.05, 0) is 24.8 Å². The highest BCUT2D eigenvalue weighted by atomic mass is 32.2. The van der Waals surface area contributed by atoms with E-state index >= 15 is 0 Å². The third-order valence-electron chi connectivity index (χ3n) is 5.48. The van der Waals surface area contributed by atoms with E-state index in [4.69, 9.17) is 4.52 Å². The maximum atomic E-state index is 12.4. The molecule has 1 aromatic carbocycles. The fourth-order valence-corrected chi connectivity index (χ4v) is 4.69. The van der Waals surface area contributed by atoms with Crippen LogP contribution >= 0.6 is 0 Å². The summed E-state index contributed by atoms with van der Waals surface area (Å²) in [6.07, 6.45) is 4.89. The maximum Gasteiger partial charge on any atom is 0.229 e. The van der Waals surface area contributed by atoms with Crippen LogP contribution in [0.4, 0.5) is 0 Å². The lowest BCUT2D eigenvalue weighted by atomic mass is 10.1. The number of likely N-dealkylation sites (tertiary alicyclic amines) is 1. The first-order chi connectivity index (χ1) is 13.9. The van der Waals surface area contributed by atoms with Gasteiger partial charge in [-0.3, -0.25) is 4.79 Å². The minimum Gasteiger partial charge on any atom is -0.339 e. The van der Waals surface area contributed by atoms with Crippen molar-refractivity contribution in [3.8, 4) is 0 Å². The van der Waals surface area contributed by atoms with Gasteiger partial charge in [0.25, 0.3) is 0 Å². The normalized spacial score (nSPS) is 17.5. The van der Waals surface area contributed by atoms with Crippen molar-refractivity contribution in [2.45, 2.75) is 44.1 Å². The monoisotopic (exact) mass is 418 g/mol. The van der Waals surface area contributed by atoms with Gasteiger partial charge in [-0.1, -0.05) is 35.5 Å². The number of benzene rings is 1. The Morgan fingerprint density at radius 3 is 2.59 bits per heavy atom. The van der Waals surface area contributed by atoms with Crippen molar-refractivity contribution in [2.24, 2.45) is 0 Å². The van der Waals surface area contributed by atoms with Crippen LogP contribution in [0.5, 0.6) is 0 Å². The molecule has 0 unspecified atom stereocenters. The largest absolute Gasteiger partial charge is 0.339 e. The van der Waals surface area contributed by atoms with Crippen LogP contribution in [-0.2, 0) is 27.7 Å². The number of rotatable bonds is 9. The van der Waals surface area contributed by atoms with Crippen LogP contribution in [0.1, 0.15) is 42.5 Å². The second kappa shape index (κ2) is 8.23. The molecule has 1 aliphatic carbocycles. The molecule has 156 valence electrons. The Labute approximate surface area is 170 Å². The van der Waals surface area contributed by atoms with Gasteiger partial charge in [0.2, 0.25) is 21.8 Å². The standard InChI is InChI=1S/C20H26N4O4S/c1-29(26,27)24(12-11-18-21-20(28-22-18)16-8-9-16)17-13-23(14-17)19(25)10-7-15-5-3-2-4-6-15/h2-6,16-17H,7-14H2,1H3. The minimum absolute atomic E-state index is 0.0609. The van der Waals surface area contributed by atoms with Gasteiger partial charge < -0.3 is 9.42 Å². The average Bonchev–Trinajstić information content (AvgIpc) is 3.40. The van der Waals surface area contributed by atoms with E-state index in [1.807, 2.05) is 30.3 Å². The summed E-state index contributed by atoms with van der Waals surface area (Å²) >= 11 is 0. The smallest absolute Gasteiger partial charge is 0.229 e. The van der Waals surface area contributed by atoms with Gasteiger partial charge in [-0.25, -0.2) is 8.42 Å². The van der Waals surface area contributed by atoms with Gasteiger partial charge >= 0.3 is 0 Å². The fraction of sp³-hybridized carbons (Fsp3) is 0.550. The van der Waals surface area contributed by atoms with E-state index in [1.54, 1.807) is 4.90 Å². The van der Waals surface area contributed by atoms with Gasteiger partial charge in [-0.15, -0.1) is 0 Å². The zero-order valence-electron chi connectivity index (χ0n) is 16.5. The predicted octanol–water partition coefficient (Wildman–Crippen LogP) is 1.59. The Balaban J connectivity index is 1.27. The lowest BCUT2D eigenvalue weighted by Gasteiger charge is -2.44. The SMILES string of the molecule is CS(=O)(=O)N(CCc1noc(C2CC2)n1)C1CN(C(=O)CCc2ccccc2)C1. The van der Waals surface area contributed by atoms with Crippen molar-refractivity contribution in [2.75, 3.05) is 25.9 Å². The highest BCUT2D eigenvalue weighted by Gasteiger charge is 2.38. The molecule has 1 amide bonds. The van der Waals surface area contributed by atoms with Crippen LogP contribution in [0, 0.1) is 0 Å². The summed E-state index contributed by atoms with van der Waals surface area (Å²) in [7, 11) is -3.39. The molecule has 29 heavy (non-hydrogen) atoms. The van der Waals surface area contributed by atoms with Crippen molar-refractivity contribution in [3.05, 3.63) is 47.6 Å². The molecule has 2 aromatic rings. The van der Waals surface area contributed by atoms with Crippen LogP contribution in [0.2, 0.25) is 0 Å². The lowest BCUT2D eigenvalue weighted by molar-refractivity contribution is -0.137. The number of hydrogen-bond acceptors (Lipinski definition) is 6. The van der Waals surface area contributed by atoms with E-state index < -0.39 is 10.0 Å². The number of sulfonamides is 1. The number of aryl methyl sites for hydroxylation is 1. The van der Waals surface area contributed by atoms with Gasteiger partial charge in [-0.2, -0.15) is 9.29 Å². The highest BCUT2D eigenvalue weighted by Crippen LogP contribution is 2.38. The van der Waals surface area contributed by atoms with E-state index in [1.165, 1.54) is 10.6 Å². The zero-order valence-corrected chi connectivity index (χ0v) is 17.3. The number of carbonyl (C=O) groups is 1. The van der Waals surface area contributed by atoms with Crippen LogP contribution in [0.25, 0.3) is 0 Å².